The van der Waals surface area contributed by atoms with E-state index in [1.54, 1.807) is 17.0 Å². The minimum Gasteiger partial charge on any atom is -0.313 e. The Labute approximate surface area is 191 Å². The zero-order valence-electron chi connectivity index (χ0n) is 16.1. The second-order valence-electron chi connectivity index (χ2n) is 7.17. The van der Waals surface area contributed by atoms with Gasteiger partial charge in [-0.1, -0.05) is 17.7 Å². The summed E-state index contributed by atoms with van der Waals surface area (Å²) in [6.07, 6.45) is 3.96. The number of thiophene rings is 1. The van der Waals surface area contributed by atoms with E-state index in [4.69, 9.17) is 11.6 Å². The van der Waals surface area contributed by atoms with Crippen molar-refractivity contribution in [1.82, 2.24) is 10.0 Å². The number of benzene rings is 1. The van der Waals surface area contributed by atoms with E-state index in [1.165, 1.54) is 28.5 Å². The molecule has 2 aliphatic heterocycles. The first-order valence-corrected chi connectivity index (χ1v) is 12.2. The fourth-order valence-corrected chi connectivity index (χ4v) is 5.74. The van der Waals surface area contributed by atoms with Crippen molar-refractivity contribution in [2.45, 2.75) is 31.8 Å². The molecule has 1 aromatic heterocycles. The highest BCUT2D eigenvalue weighted by Gasteiger charge is 2.35. The van der Waals surface area contributed by atoms with Gasteiger partial charge in [0, 0.05) is 29.1 Å². The molecule has 0 bridgehead atoms. The van der Waals surface area contributed by atoms with Gasteiger partial charge in [-0.25, -0.2) is 8.42 Å². The number of nitrogens with one attached hydrogen (secondary N) is 2. The van der Waals surface area contributed by atoms with Gasteiger partial charge in [-0.3, -0.25) is 4.79 Å². The van der Waals surface area contributed by atoms with Crippen LogP contribution in [0.15, 0.2) is 35.7 Å². The molecule has 0 spiro atoms. The van der Waals surface area contributed by atoms with E-state index >= 15 is 0 Å². The molecule has 4 rings (SSSR count). The predicted molar refractivity (Wildman–Crippen MR) is 125 cm³/mol. The number of carbonyl (C=O) groups is 1. The Morgan fingerprint density at radius 1 is 1.23 bits per heavy atom. The lowest BCUT2D eigenvalue weighted by Crippen LogP contribution is -2.40. The summed E-state index contributed by atoms with van der Waals surface area (Å²) in [6, 6.07) is 8.77. The molecule has 2 aliphatic rings. The Bertz CT molecular complexity index is 1050. The van der Waals surface area contributed by atoms with E-state index in [1.807, 2.05) is 6.07 Å². The molecule has 162 valence electrons. The van der Waals surface area contributed by atoms with Gasteiger partial charge < -0.3 is 10.2 Å². The molecule has 30 heavy (non-hydrogen) atoms. The van der Waals surface area contributed by atoms with Gasteiger partial charge in [0.15, 0.2) is 0 Å². The smallest absolute Gasteiger partial charge is 0.245 e. The van der Waals surface area contributed by atoms with Crippen LogP contribution in [0.3, 0.4) is 0 Å². The summed E-state index contributed by atoms with van der Waals surface area (Å²) in [5, 5.41) is 4.47. The van der Waals surface area contributed by atoms with Crippen molar-refractivity contribution in [1.29, 1.82) is 0 Å². The third kappa shape index (κ3) is 5.43. The summed E-state index contributed by atoms with van der Waals surface area (Å²) >= 11 is 7.15. The molecule has 3 heterocycles. The van der Waals surface area contributed by atoms with Gasteiger partial charge in [-0.15, -0.1) is 23.7 Å². The van der Waals surface area contributed by atoms with Crippen LogP contribution in [0.2, 0.25) is 4.34 Å². The first-order chi connectivity index (χ1) is 13.9. The summed E-state index contributed by atoms with van der Waals surface area (Å²) in [7, 11) is -3.73. The fourth-order valence-electron chi connectivity index (χ4n) is 3.67. The first kappa shape index (κ1) is 23.2. The van der Waals surface area contributed by atoms with Gasteiger partial charge in [-0.2, -0.15) is 4.72 Å². The van der Waals surface area contributed by atoms with E-state index in [0.717, 1.165) is 41.9 Å². The number of halogens is 2. The topological polar surface area (TPSA) is 78.5 Å². The number of aryl methyl sites for hydroxylation is 1. The maximum atomic E-state index is 12.8. The van der Waals surface area contributed by atoms with Gasteiger partial charge in [0.05, 0.1) is 4.34 Å². The molecular formula is C20H23Cl2N3O3S2. The number of anilines is 1. The highest BCUT2D eigenvalue weighted by molar-refractivity contribution is 7.92. The van der Waals surface area contributed by atoms with Gasteiger partial charge in [0.25, 0.3) is 0 Å². The number of carbonyl (C=O) groups excluding carboxylic acids is 1. The third-order valence-corrected chi connectivity index (χ3v) is 7.44. The third-order valence-electron chi connectivity index (χ3n) is 5.13. The van der Waals surface area contributed by atoms with Crippen molar-refractivity contribution >= 4 is 63.0 Å². The zero-order valence-corrected chi connectivity index (χ0v) is 19.3. The van der Waals surface area contributed by atoms with Crippen LogP contribution < -0.4 is 14.9 Å². The minimum atomic E-state index is -3.73. The molecule has 0 saturated carbocycles. The Kier molecular flexibility index (Phi) is 7.60. The first-order valence-electron chi connectivity index (χ1n) is 9.51. The number of fused-ring (bicyclic) bond motifs is 1. The Morgan fingerprint density at radius 3 is 2.83 bits per heavy atom. The molecule has 1 aromatic carbocycles. The van der Waals surface area contributed by atoms with Crippen LogP contribution in [0.5, 0.6) is 0 Å². The lowest BCUT2D eigenvalue weighted by molar-refractivity contribution is -0.118. The number of hydrogen-bond acceptors (Lipinski definition) is 5. The van der Waals surface area contributed by atoms with Crippen LogP contribution in [0.25, 0.3) is 6.08 Å². The van der Waals surface area contributed by atoms with Crippen molar-refractivity contribution < 1.29 is 13.2 Å². The maximum Gasteiger partial charge on any atom is 0.245 e. The molecule has 2 N–H and O–H groups in total. The molecule has 1 amide bonds. The summed E-state index contributed by atoms with van der Waals surface area (Å²) in [5.41, 5.74) is 3.34. The van der Waals surface area contributed by atoms with Crippen LogP contribution in [0.1, 0.15) is 28.8 Å². The minimum absolute atomic E-state index is 0. The van der Waals surface area contributed by atoms with Gasteiger partial charge >= 0.3 is 0 Å². The molecular weight excluding hydrogens is 465 g/mol. The highest BCUT2D eigenvalue weighted by atomic mass is 35.5. The number of amides is 1. The zero-order chi connectivity index (χ0) is 20.4. The number of hydrogen-bond donors (Lipinski definition) is 2. The van der Waals surface area contributed by atoms with Crippen molar-refractivity contribution in [3.05, 3.63) is 56.1 Å². The molecule has 1 saturated heterocycles. The standard InChI is InChI=1S/C20H22ClN3O3S2.ClH/c21-19-6-5-17(28-19)8-11-29(26,27)23-18-7-10-24(20(18)25)16-4-3-15-13-22-9-1-2-14(15)12-16;/h3-6,8,11-12,18,22-23H,1-2,7,9-10,13H2;1H/b11-8+;/t18-;/m0./s1. The van der Waals surface area contributed by atoms with Crippen molar-refractivity contribution in [2.24, 2.45) is 0 Å². The van der Waals surface area contributed by atoms with E-state index in [-0.39, 0.29) is 18.3 Å². The number of sulfonamides is 1. The van der Waals surface area contributed by atoms with Crippen LogP contribution in [0, 0.1) is 0 Å². The number of nitrogens with zero attached hydrogens (tertiary/aromatic N) is 1. The summed E-state index contributed by atoms with van der Waals surface area (Å²) in [4.78, 5) is 15.3. The van der Waals surface area contributed by atoms with Crippen LogP contribution in [0.4, 0.5) is 5.69 Å². The predicted octanol–water partition coefficient (Wildman–Crippen LogP) is 3.55. The second-order valence-corrected chi connectivity index (χ2v) is 10.5. The highest BCUT2D eigenvalue weighted by Crippen LogP contribution is 2.27. The molecule has 0 aliphatic carbocycles. The molecule has 0 unspecified atom stereocenters. The van der Waals surface area contributed by atoms with Crippen LogP contribution in [-0.2, 0) is 27.8 Å². The van der Waals surface area contributed by atoms with Gasteiger partial charge in [0.2, 0.25) is 15.9 Å². The lowest BCUT2D eigenvalue weighted by Gasteiger charge is -2.19. The molecule has 0 radical (unpaired) electrons. The fraction of sp³-hybridized carbons (Fsp3) is 0.350. The van der Waals surface area contributed by atoms with Crippen molar-refractivity contribution in [3.8, 4) is 0 Å². The molecule has 2 aromatic rings. The maximum absolute atomic E-state index is 12.8. The van der Waals surface area contributed by atoms with Gasteiger partial charge in [-0.05, 0) is 67.3 Å². The van der Waals surface area contributed by atoms with Gasteiger partial charge in [0.1, 0.15) is 6.04 Å². The summed E-state index contributed by atoms with van der Waals surface area (Å²) < 4.78 is 27.9. The van der Waals surface area contributed by atoms with E-state index in [2.05, 4.69) is 22.2 Å². The summed E-state index contributed by atoms with van der Waals surface area (Å²) in [5.74, 6) is -0.215. The second kappa shape index (κ2) is 9.80. The quantitative estimate of drug-likeness (QED) is 0.675. The van der Waals surface area contributed by atoms with Crippen LogP contribution in [-0.4, -0.2) is 33.5 Å². The Balaban J connectivity index is 0.00000256. The Morgan fingerprint density at radius 2 is 2.07 bits per heavy atom. The monoisotopic (exact) mass is 487 g/mol. The molecule has 10 heteroatoms. The average molecular weight is 488 g/mol. The SMILES string of the molecule is Cl.O=C1[C@@H](NS(=O)(=O)/C=C/c2ccc(Cl)s2)CCN1c1ccc2c(c1)CCCNC2. The van der Waals surface area contributed by atoms with E-state index in [9.17, 15) is 13.2 Å². The van der Waals surface area contributed by atoms with E-state index in [0.29, 0.717) is 17.3 Å². The largest absolute Gasteiger partial charge is 0.313 e. The molecule has 1 fully saturated rings. The lowest BCUT2D eigenvalue weighted by atomic mass is 10.0. The van der Waals surface area contributed by atoms with Crippen molar-refractivity contribution in [2.75, 3.05) is 18.0 Å². The number of rotatable bonds is 5. The van der Waals surface area contributed by atoms with Crippen molar-refractivity contribution in [3.63, 3.8) is 0 Å². The molecule has 6 nitrogen and oxygen atoms in total. The molecule has 1 atom stereocenters. The normalized spacial score (nSPS) is 19.6. The van der Waals surface area contributed by atoms with E-state index < -0.39 is 16.1 Å². The van der Waals surface area contributed by atoms with Crippen LogP contribution >= 0.6 is 35.3 Å². The summed E-state index contributed by atoms with van der Waals surface area (Å²) in [6.45, 7) is 2.32. The average Bonchev–Trinajstić information content (AvgIpc) is 3.17. The Hall–Kier alpha value is -1.42.